The van der Waals surface area contributed by atoms with Gasteiger partial charge < -0.3 is 5.32 Å². The van der Waals surface area contributed by atoms with Gasteiger partial charge in [-0.2, -0.15) is 0 Å². The molecule has 0 atom stereocenters. The van der Waals surface area contributed by atoms with Gasteiger partial charge in [-0.15, -0.1) is 0 Å². The molecule has 2 rings (SSSR count). The first kappa shape index (κ1) is 14.8. The predicted octanol–water partition coefficient (Wildman–Crippen LogP) is 4.50. The fraction of sp³-hybridized carbons (Fsp3) is 0.235. The minimum absolute atomic E-state index is 0.00436. The van der Waals surface area contributed by atoms with E-state index in [0.29, 0.717) is 0 Å². The van der Waals surface area contributed by atoms with Crippen LogP contribution in [0, 0.1) is 0 Å². The molecule has 0 aliphatic heterocycles. The number of halogens is 1. The Kier molecular flexibility index (Phi) is 4.61. The molecule has 20 heavy (non-hydrogen) atoms. The number of hydrogen-bond donors (Lipinski definition) is 1. The molecule has 0 radical (unpaired) electrons. The van der Waals surface area contributed by atoms with E-state index in [1.807, 2.05) is 68.4 Å². The molecule has 0 aliphatic carbocycles. The minimum Gasteiger partial charge on any atom is -0.325 e. The molecule has 2 aromatic rings. The Morgan fingerprint density at radius 1 is 1.05 bits per heavy atom. The number of anilines is 1. The smallest absolute Gasteiger partial charge is 0.234 e. The molecule has 0 heterocycles. The predicted molar refractivity (Wildman–Crippen MR) is 87.2 cm³/mol. The summed E-state index contributed by atoms with van der Waals surface area (Å²) in [5.41, 5.74) is 2.46. The monoisotopic (exact) mass is 331 g/mol. The van der Waals surface area contributed by atoms with Crippen LogP contribution in [0.2, 0.25) is 0 Å². The van der Waals surface area contributed by atoms with Crippen LogP contribution in [0.3, 0.4) is 0 Å². The molecule has 3 heteroatoms. The van der Waals surface area contributed by atoms with Crippen molar-refractivity contribution < 1.29 is 4.79 Å². The highest BCUT2D eigenvalue weighted by Gasteiger charge is 2.29. The van der Waals surface area contributed by atoms with Crippen molar-refractivity contribution in [1.29, 1.82) is 0 Å². The summed E-state index contributed by atoms with van der Waals surface area (Å²) in [6, 6.07) is 17.7. The van der Waals surface area contributed by atoms with Crippen molar-refractivity contribution in [3.05, 3.63) is 65.7 Å². The van der Waals surface area contributed by atoms with Gasteiger partial charge in [0.1, 0.15) is 0 Å². The summed E-state index contributed by atoms with van der Waals surface area (Å²) in [6.45, 7) is 3.87. The van der Waals surface area contributed by atoms with Gasteiger partial charge in [-0.25, -0.2) is 0 Å². The van der Waals surface area contributed by atoms with Crippen LogP contribution in [0.25, 0.3) is 0 Å². The van der Waals surface area contributed by atoms with E-state index in [1.165, 1.54) is 5.56 Å². The van der Waals surface area contributed by atoms with Crippen LogP contribution < -0.4 is 5.32 Å². The lowest BCUT2D eigenvalue weighted by atomic mass is 9.83. The first-order chi connectivity index (χ1) is 9.54. The molecule has 2 aromatic carbocycles. The van der Waals surface area contributed by atoms with Gasteiger partial charge in [0.15, 0.2) is 0 Å². The van der Waals surface area contributed by atoms with E-state index in [2.05, 4.69) is 21.2 Å². The van der Waals surface area contributed by atoms with Crippen LogP contribution in [-0.2, 0) is 15.5 Å². The van der Waals surface area contributed by atoms with E-state index in [0.717, 1.165) is 16.6 Å². The van der Waals surface area contributed by atoms with E-state index in [4.69, 9.17) is 0 Å². The molecule has 0 aromatic heterocycles. The Morgan fingerprint density at radius 2 is 1.65 bits per heavy atom. The number of alkyl halides is 1. The maximum Gasteiger partial charge on any atom is 0.234 e. The van der Waals surface area contributed by atoms with Crippen LogP contribution in [0.4, 0.5) is 5.69 Å². The van der Waals surface area contributed by atoms with Crippen molar-refractivity contribution >= 4 is 27.5 Å². The first-order valence-corrected chi connectivity index (χ1v) is 7.68. The quantitative estimate of drug-likeness (QED) is 0.821. The highest BCUT2D eigenvalue weighted by molar-refractivity contribution is 9.08. The van der Waals surface area contributed by atoms with E-state index < -0.39 is 5.41 Å². The fourth-order valence-electron chi connectivity index (χ4n) is 1.95. The number of carbonyl (C=O) groups is 1. The zero-order valence-corrected chi connectivity index (χ0v) is 13.3. The average molecular weight is 332 g/mol. The summed E-state index contributed by atoms with van der Waals surface area (Å²) < 4.78 is 0. The third-order valence-electron chi connectivity index (χ3n) is 3.43. The summed E-state index contributed by atoms with van der Waals surface area (Å²) in [6.07, 6.45) is 0. The van der Waals surface area contributed by atoms with Crippen molar-refractivity contribution in [3.8, 4) is 0 Å². The molecule has 0 saturated carbocycles. The summed E-state index contributed by atoms with van der Waals surface area (Å²) >= 11 is 3.41. The Bertz CT molecular complexity index is 576. The van der Waals surface area contributed by atoms with Gasteiger partial charge in [0.2, 0.25) is 5.91 Å². The van der Waals surface area contributed by atoms with Gasteiger partial charge in [0.05, 0.1) is 5.41 Å². The van der Waals surface area contributed by atoms with Crippen molar-refractivity contribution in [2.75, 3.05) is 5.32 Å². The lowest BCUT2D eigenvalue weighted by Gasteiger charge is -2.24. The van der Waals surface area contributed by atoms with Gasteiger partial charge in [-0.1, -0.05) is 58.4 Å². The van der Waals surface area contributed by atoms with Gasteiger partial charge in [-0.3, -0.25) is 4.79 Å². The summed E-state index contributed by atoms with van der Waals surface area (Å²) in [7, 11) is 0. The zero-order valence-electron chi connectivity index (χ0n) is 11.7. The zero-order chi connectivity index (χ0) is 14.6. The standard InChI is InChI=1S/C17H18BrNO/c1-17(2,14-6-4-3-5-7-14)16(20)19-15-10-8-13(12-18)9-11-15/h3-11H,12H2,1-2H3,(H,19,20). The fourth-order valence-corrected chi connectivity index (χ4v) is 2.32. The maximum atomic E-state index is 12.5. The highest BCUT2D eigenvalue weighted by atomic mass is 79.9. The molecule has 104 valence electrons. The molecular formula is C17H18BrNO. The topological polar surface area (TPSA) is 29.1 Å². The Morgan fingerprint density at radius 3 is 2.20 bits per heavy atom. The minimum atomic E-state index is -0.560. The Balaban J connectivity index is 2.14. The molecule has 0 saturated heterocycles. The van der Waals surface area contributed by atoms with Crippen LogP contribution in [0.1, 0.15) is 25.0 Å². The molecule has 0 aliphatic rings. The molecule has 2 nitrogen and oxygen atoms in total. The number of benzene rings is 2. The van der Waals surface area contributed by atoms with E-state index in [1.54, 1.807) is 0 Å². The lowest BCUT2D eigenvalue weighted by molar-refractivity contribution is -0.120. The van der Waals surface area contributed by atoms with Crippen molar-refractivity contribution in [3.63, 3.8) is 0 Å². The summed E-state index contributed by atoms with van der Waals surface area (Å²) in [5.74, 6) is -0.00436. The third-order valence-corrected chi connectivity index (χ3v) is 4.08. The van der Waals surface area contributed by atoms with Crippen LogP contribution >= 0.6 is 15.9 Å². The van der Waals surface area contributed by atoms with E-state index in [9.17, 15) is 4.79 Å². The second kappa shape index (κ2) is 6.23. The second-order valence-corrected chi connectivity index (χ2v) is 5.84. The number of hydrogen-bond acceptors (Lipinski definition) is 1. The molecule has 0 fully saturated rings. The molecular weight excluding hydrogens is 314 g/mol. The highest BCUT2D eigenvalue weighted by Crippen LogP contribution is 2.25. The van der Waals surface area contributed by atoms with Crippen LogP contribution in [0.15, 0.2) is 54.6 Å². The molecule has 0 bridgehead atoms. The molecule has 1 N–H and O–H groups in total. The molecule has 0 spiro atoms. The number of carbonyl (C=O) groups excluding carboxylic acids is 1. The van der Waals surface area contributed by atoms with Gasteiger partial charge in [0, 0.05) is 11.0 Å². The van der Waals surface area contributed by atoms with Gasteiger partial charge >= 0.3 is 0 Å². The summed E-state index contributed by atoms with van der Waals surface area (Å²) in [4.78, 5) is 12.5. The van der Waals surface area contributed by atoms with Gasteiger partial charge in [0.25, 0.3) is 0 Å². The normalized spacial score (nSPS) is 11.2. The van der Waals surface area contributed by atoms with Crippen molar-refractivity contribution in [1.82, 2.24) is 0 Å². The second-order valence-electron chi connectivity index (χ2n) is 5.28. The largest absolute Gasteiger partial charge is 0.325 e. The maximum absolute atomic E-state index is 12.5. The SMILES string of the molecule is CC(C)(C(=O)Nc1ccc(CBr)cc1)c1ccccc1. The number of amides is 1. The first-order valence-electron chi connectivity index (χ1n) is 6.56. The van der Waals surface area contributed by atoms with Gasteiger partial charge in [-0.05, 0) is 37.1 Å². The van der Waals surface area contributed by atoms with Crippen LogP contribution in [0.5, 0.6) is 0 Å². The lowest BCUT2D eigenvalue weighted by Crippen LogP contribution is -2.34. The molecule has 0 unspecified atom stereocenters. The Hall–Kier alpha value is -1.61. The summed E-state index contributed by atoms with van der Waals surface area (Å²) in [5, 5.41) is 3.79. The van der Waals surface area contributed by atoms with Crippen molar-refractivity contribution in [2.24, 2.45) is 0 Å². The number of rotatable bonds is 4. The van der Waals surface area contributed by atoms with Crippen LogP contribution in [-0.4, -0.2) is 5.91 Å². The molecule has 1 amide bonds. The van der Waals surface area contributed by atoms with Crippen molar-refractivity contribution in [2.45, 2.75) is 24.6 Å². The van der Waals surface area contributed by atoms with E-state index >= 15 is 0 Å². The van der Waals surface area contributed by atoms with E-state index in [-0.39, 0.29) is 5.91 Å². The number of nitrogens with one attached hydrogen (secondary N) is 1. The Labute approximate surface area is 128 Å². The third kappa shape index (κ3) is 3.28. The average Bonchev–Trinajstić information content (AvgIpc) is 2.49.